The topological polar surface area (TPSA) is 64.0 Å². The maximum Gasteiger partial charge on any atom is 0.265 e. The lowest BCUT2D eigenvalue weighted by Crippen LogP contribution is -2.30. The normalized spacial score (nSPS) is 10.9. The molecule has 4 rings (SSSR count). The molecule has 0 saturated carbocycles. The monoisotopic (exact) mass is 409 g/mol. The minimum Gasteiger partial charge on any atom is -0.319 e. The third-order valence-corrected chi connectivity index (χ3v) is 4.56. The predicted molar refractivity (Wildman–Crippen MR) is 106 cm³/mol. The second-order valence-corrected chi connectivity index (χ2v) is 6.54. The Morgan fingerprint density at radius 3 is 2.57 bits per heavy atom. The van der Waals surface area contributed by atoms with E-state index in [9.17, 15) is 22.8 Å². The fourth-order valence-electron chi connectivity index (χ4n) is 3.10. The number of carbonyl (C=O) groups is 1. The van der Waals surface area contributed by atoms with E-state index in [0.29, 0.717) is 5.39 Å². The number of benzene rings is 2. The standard InChI is InChI=1S/C22H14F3N3O2/c23-15-7-8-18(25)19(11-15)27-21(29)16-10-13-5-3-9-26-20(13)28(22(16)30)12-14-4-1-2-6-17(14)24/h1-11H,12H2,(H,27,29). The van der Waals surface area contributed by atoms with Gasteiger partial charge in [0.1, 0.15) is 28.7 Å². The van der Waals surface area contributed by atoms with Crippen LogP contribution in [0.5, 0.6) is 0 Å². The molecule has 2 heterocycles. The largest absolute Gasteiger partial charge is 0.319 e. The maximum atomic E-state index is 14.1. The van der Waals surface area contributed by atoms with Crippen molar-refractivity contribution >= 4 is 22.6 Å². The van der Waals surface area contributed by atoms with Crippen LogP contribution >= 0.6 is 0 Å². The molecular weight excluding hydrogens is 395 g/mol. The van der Waals surface area contributed by atoms with Gasteiger partial charge in [0.2, 0.25) is 0 Å². The molecule has 2 aromatic heterocycles. The molecule has 150 valence electrons. The predicted octanol–water partition coefficient (Wildman–Crippen LogP) is 4.11. The maximum absolute atomic E-state index is 14.1. The van der Waals surface area contributed by atoms with Crippen LogP contribution in [0.4, 0.5) is 18.9 Å². The average Bonchev–Trinajstić information content (AvgIpc) is 2.74. The van der Waals surface area contributed by atoms with Crippen molar-refractivity contribution in [3.05, 3.63) is 106 Å². The fraction of sp³-hybridized carbons (Fsp3) is 0.0455. The summed E-state index contributed by atoms with van der Waals surface area (Å²) in [4.78, 5) is 29.9. The molecule has 0 radical (unpaired) electrons. The molecule has 0 bridgehead atoms. The smallest absolute Gasteiger partial charge is 0.265 e. The Hall–Kier alpha value is -3.94. The van der Waals surface area contributed by atoms with Gasteiger partial charge in [-0.15, -0.1) is 0 Å². The number of fused-ring (bicyclic) bond motifs is 1. The number of nitrogens with one attached hydrogen (secondary N) is 1. The third-order valence-electron chi connectivity index (χ3n) is 4.56. The number of carbonyl (C=O) groups excluding carboxylic acids is 1. The Morgan fingerprint density at radius 1 is 0.967 bits per heavy atom. The van der Waals surface area contributed by atoms with Gasteiger partial charge in [-0.3, -0.25) is 14.2 Å². The molecule has 0 fully saturated rings. The van der Waals surface area contributed by atoms with Crippen LogP contribution in [-0.2, 0) is 6.54 Å². The molecule has 30 heavy (non-hydrogen) atoms. The highest BCUT2D eigenvalue weighted by atomic mass is 19.1. The summed E-state index contributed by atoms with van der Waals surface area (Å²) in [7, 11) is 0. The molecule has 0 saturated heterocycles. The zero-order chi connectivity index (χ0) is 21.3. The molecule has 0 unspecified atom stereocenters. The lowest BCUT2D eigenvalue weighted by Gasteiger charge is -2.13. The van der Waals surface area contributed by atoms with Gasteiger partial charge in [-0.2, -0.15) is 0 Å². The summed E-state index contributed by atoms with van der Waals surface area (Å²) in [5.74, 6) is -3.02. The molecule has 1 amide bonds. The Morgan fingerprint density at radius 2 is 1.77 bits per heavy atom. The van der Waals surface area contributed by atoms with Gasteiger partial charge in [0.25, 0.3) is 11.5 Å². The summed E-state index contributed by atoms with van der Waals surface area (Å²) >= 11 is 0. The van der Waals surface area contributed by atoms with E-state index in [0.717, 1.165) is 18.2 Å². The SMILES string of the molecule is O=C(Nc1cc(F)ccc1F)c1cc2cccnc2n(Cc2ccccc2F)c1=O. The molecular formula is C22H14F3N3O2. The summed E-state index contributed by atoms with van der Waals surface area (Å²) < 4.78 is 42.6. The van der Waals surface area contributed by atoms with Crippen LogP contribution in [0.1, 0.15) is 15.9 Å². The van der Waals surface area contributed by atoms with E-state index >= 15 is 0 Å². The van der Waals surface area contributed by atoms with Crippen molar-refractivity contribution in [1.29, 1.82) is 0 Å². The van der Waals surface area contributed by atoms with Gasteiger partial charge in [0.15, 0.2) is 0 Å². The van der Waals surface area contributed by atoms with Crippen LogP contribution in [0.15, 0.2) is 71.7 Å². The second-order valence-electron chi connectivity index (χ2n) is 6.54. The number of hydrogen-bond acceptors (Lipinski definition) is 3. The van der Waals surface area contributed by atoms with Crippen LogP contribution in [0.25, 0.3) is 11.0 Å². The van der Waals surface area contributed by atoms with Gasteiger partial charge in [-0.1, -0.05) is 18.2 Å². The van der Waals surface area contributed by atoms with Crippen LogP contribution < -0.4 is 10.9 Å². The summed E-state index contributed by atoms with van der Waals surface area (Å²) in [6, 6.07) is 13.1. The molecule has 0 atom stereocenters. The molecule has 0 aliphatic rings. The quantitative estimate of drug-likeness (QED) is 0.552. The average molecular weight is 409 g/mol. The first kappa shape index (κ1) is 19.4. The van der Waals surface area contributed by atoms with Gasteiger partial charge >= 0.3 is 0 Å². The van der Waals surface area contributed by atoms with Gasteiger partial charge in [0, 0.05) is 23.2 Å². The number of anilines is 1. The van der Waals surface area contributed by atoms with E-state index in [1.54, 1.807) is 18.2 Å². The lowest BCUT2D eigenvalue weighted by molar-refractivity contribution is 0.102. The van der Waals surface area contributed by atoms with Crippen molar-refractivity contribution in [2.45, 2.75) is 6.54 Å². The van der Waals surface area contributed by atoms with E-state index in [1.807, 2.05) is 0 Å². The Kier molecular flexibility index (Phi) is 5.05. The molecule has 2 aromatic carbocycles. The van der Waals surface area contributed by atoms with Crippen molar-refractivity contribution in [3.63, 3.8) is 0 Å². The van der Waals surface area contributed by atoms with Crippen LogP contribution in [0, 0.1) is 17.5 Å². The van der Waals surface area contributed by atoms with Crippen molar-refractivity contribution in [2.24, 2.45) is 0 Å². The van der Waals surface area contributed by atoms with E-state index in [1.165, 1.54) is 35.0 Å². The molecule has 0 spiro atoms. The van der Waals surface area contributed by atoms with E-state index < -0.39 is 34.6 Å². The van der Waals surface area contributed by atoms with Crippen molar-refractivity contribution in [3.8, 4) is 0 Å². The Bertz CT molecular complexity index is 1340. The molecule has 0 aliphatic heterocycles. The molecule has 1 N–H and O–H groups in total. The number of aromatic nitrogens is 2. The van der Waals surface area contributed by atoms with Gasteiger partial charge in [-0.25, -0.2) is 18.2 Å². The number of rotatable bonds is 4. The third kappa shape index (κ3) is 3.67. The van der Waals surface area contributed by atoms with Crippen LogP contribution in [0.3, 0.4) is 0 Å². The first-order chi connectivity index (χ1) is 14.4. The van der Waals surface area contributed by atoms with Crippen molar-refractivity contribution in [1.82, 2.24) is 9.55 Å². The minimum atomic E-state index is -0.919. The fourth-order valence-corrected chi connectivity index (χ4v) is 3.10. The minimum absolute atomic E-state index is 0.158. The molecule has 8 heteroatoms. The molecule has 5 nitrogen and oxygen atoms in total. The highest BCUT2D eigenvalue weighted by Crippen LogP contribution is 2.18. The summed E-state index contributed by atoms with van der Waals surface area (Å²) in [6.45, 7) is -0.158. The van der Waals surface area contributed by atoms with E-state index in [4.69, 9.17) is 0 Å². The Balaban J connectivity index is 1.82. The number of nitrogens with zero attached hydrogens (tertiary/aromatic N) is 2. The summed E-state index contributed by atoms with van der Waals surface area (Å²) in [5.41, 5.74) is -0.944. The summed E-state index contributed by atoms with van der Waals surface area (Å²) in [6.07, 6.45) is 1.47. The first-order valence-corrected chi connectivity index (χ1v) is 8.92. The van der Waals surface area contributed by atoms with Crippen molar-refractivity contribution < 1.29 is 18.0 Å². The highest BCUT2D eigenvalue weighted by molar-refractivity contribution is 6.05. The molecule has 4 aromatic rings. The van der Waals surface area contributed by atoms with Crippen LogP contribution in [-0.4, -0.2) is 15.5 Å². The van der Waals surface area contributed by atoms with E-state index in [-0.39, 0.29) is 23.3 Å². The Labute approximate surface area is 168 Å². The zero-order valence-corrected chi connectivity index (χ0v) is 15.4. The number of pyridine rings is 2. The lowest BCUT2D eigenvalue weighted by atomic mass is 10.1. The van der Waals surface area contributed by atoms with Crippen molar-refractivity contribution in [2.75, 3.05) is 5.32 Å². The van der Waals surface area contributed by atoms with Crippen LogP contribution in [0.2, 0.25) is 0 Å². The number of amides is 1. The van der Waals surface area contributed by atoms with Gasteiger partial charge in [0.05, 0.1) is 12.2 Å². The number of hydrogen-bond donors (Lipinski definition) is 1. The van der Waals surface area contributed by atoms with Gasteiger partial charge < -0.3 is 5.32 Å². The van der Waals surface area contributed by atoms with E-state index in [2.05, 4.69) is 10.3 Å². The number of halogens is 3. The highest BCUT2D eigenvalue weighted by Gasteiger charge is 2.19. The zero-order valence-electron chi connectivity index (χ0n) is 15.4. The summed E-state index contributed by atoms with van der Waals surface area (Å²) in [5, 5.41) is 2.67. The molecule has 0 aliphatic carbocycles. The second kappa shape index (κ2) is 7.82. The first-order valence-electron chi connectivity index (χ1n) is 8.92. The van der Waals surface area contributed by atoms with Gasteiger partial charge in [-0.05, 0) is 36.4 Å².